The number of ether oxygens (including phenoxy) is 2. The van der Waals surface area contributed by atoms with Crippen molar-refractivity contribution in [1.82, 2.24) is 20.1 Å². The van der Waals surface area contributed by atoms with Gasteiger partial charge in [-0.15, -0.1) is 0 Å². The highest BCUT2D eigenvalue weighted by molar-refractivity contribution is 7.99. The Hall–Kier alpha value is -3.79. The average molecular weight is 438 g/mol. The van der Waals surface area contributed by atoms with Crippen LogP contribution in [-0.2, 0) is 9.53 Å². The van der Waals surface area contributed by atoms with Gasteiger partial charge >= 0.3 is 5.97 Å². The molecule has 0 saturated carbocycles. The molecule has 10 heteroatoms. The zero-order valence-electron chi connectivity index (χ0n) is 16.7. The molecule has 158 valence electrons. The number of carbonyl (C=O) groups excluding carboxylic acids is 1. The molecule has 9 nitrogen and oxygen atoms in total. The number of benzene rings is 2. The van der Waals surface area contributed by atoms with Crippen molar-refractivity contribution in [3.05, 3.63) is 60.1 Å². The van der Waals surface area contributed by atoms with Gasteiger partial charge in [-0.25, -0.2) is 9.78 Å². The molecule has 0 aliphatic rings. The number of imidazole rings is 1. The SMILES string of the molecule is COC(=O)C(=C(O)CSc1nc(-c2cccc(OC)c2)no1)c1nc2ccccc2[nH]1. The summed E-state index contributed by atoms with van der Waals surface area (Å²) in [5.41, 5.74) is 2.07. The number of aromatic nitrogens is 4. The number of methoxy groups -OCH3 is 2. The van der Waals surface area contributed by atoms with E-state index in [4.69, 9.17) is 14.0 Å². The predicted molar refractivity (Wildman–Crippen MR) is 115 cm³/mol. The zero-order chi connectivity index (χ0) is 21.8. The van der Waals surface area contributed by atoms with Crippen LogP contribution in [0.3, 0.4) is 0 Å². The van der Waals surface area contributed by atoms with Crippen LogP contribution in [0.15, 0.2) is 64.0 Å². The second kappa shape index (κ2) is 8.92. The number of aliphatic hydroxyl groups is 1. The summed E-state index contributed by atoms with van der Waals surface area (Å²) in [7, 11) is 2.82. The Morgan fingerprint density at radius 1 is 1.16 bits per heavy atom. The highest BCUT2D eigenvalue weighted by Gasteiger charge is 2.23. The van der Waals surface area contributed by atoms with Gasteiger partial charge in [0, 0.05) is 5.56 Å². The molecule has 4 rings (SSSR count). The first-order valence-corrected chi connectivity index (χ1v) is 10.1. The second-order valence-corrected chi connectivity index (χ2v) is 7.25. The third-order valence-corrected chi connectivity index (χ3v) is 5.20. The third kappa shape index (κ3) is 4.38. The largest absolute Gasteiger partial charge is 0.510 e. The molecular formula is C21H18N4O5S. The molecule has 0 radical (unpaired) electrons. The minimum atomic E-state index is -0.709. The van der Waals surface area contributed by atoms with Gasteiger partial charge in [-0.05, 0) is 24.3 Å². The van der Waals surface area contributed by atoms with Crippen molar-refractivity contribution in [2.45, 2.75) is 5.22 Å². The highest BCUT2D eigenvalue weighted by atomic mass is 32.2. The van der Waals surface area contributed by atoms with Crippen molar-refractivity contribution in [1.29, 1.82) is 0 Å². The molecular weight excluding hydrogens is 420 g/mol. The lowest BCUT2D eigenvalue weighted by molar-refractivity contribution is -0.133. The predicted octanol–water partition coefficient (Wildman–Crippen LogP) is 3.86. The fourth-order valence-corrected chi connectivity index (χ4v) is 3.52. The number of nitrogens with zero attached hydrogens (tertiary/aromatic N) is 3. The number of hydrogen-bond acceptors (Lipinski definition) is 9. The Labute approximate surface area is 181 Å². The summed E-state index contributed by atoms with van der Waals surface area (Å²) in [5, 5.41) is 14.8. The molecule has 2 aromatic heterocycles. The Morgan fingerprint density at radius 2 is 2.00 bits per heavy atom. The van der Waals surface area contributed by atoms with Gasteiger partial charge in [-0.3, -0.25) is 0 Å². The standard InChI is InChI=1S/C21H18N4O5S/c1-28-13-7-5-6-12(10-13)18-24-21(30-25-18)31-11-16(26)17(20(27)29-2)19-22-14-8-3-4-9-15(14)23-19/h3-10,26H,11H2,1-2H3,(H,22,23). The summed E-state index contributed by atoms with van der Waals surface area (Å²) >= 11 is 1.08. The molecule has 0 fully saturated rings. The van der Waals surface area contributed by atoms with E-state index >= 15 is 0 Å². The van der Waals surface area contributed by atoms with E-state index in [1.54, 1.807) is 19.2 Å². The van der Waals surface area contributed by atoms with Crippen LogP contribution in [0.25, 0.3) is 28.0 Å². The number of thioether (sulfide) groups is 1. The molecule has 2 heterocycles. The molecule has 0 spiro atoms. The van der Waals surface area contributed by atoms with Crippen LogP contribution in [0.1, 0.15) is 5.82 Å². The number of carbonyl (C=O) groups is 1. The van der Waals surface area contributed by atoms with Crippen LogP contribution in [-0.4, -0.2) is 51.2 Å². The monoisotopic (exact) mass is 438 g/mol. The third-order valence-electron chi connectivity index (χ3n) is 4.37. The van der Waals surface area contributed by atoms with Gasteiger partial charge < -0.3 is 24.1 Å². The number of aliphatic hydroxyl groups excluding tert-OH is 1. The van der Waals surface area contributed by atoms with Gasteiger partial charge in [0.1, 0.15) is 22.9 Å². The van der Waals surface area contributed by atoms with E-state index in [-0.39, 0.29) is 28.1 Å². The fraction of sp³-hybridized carbons (Fsp3) is 0.143. The van der Waals surface area contributed by atoms with E-state index in [9.17, 15) is 9.90 Å². The molecule has 2 N–H and O–H groups in total. The fourth-order valence-electron chi connectivity index (χ4n) is 2.87. The molecule has 2 aromatic carbocycles. The Kier molecular flexibility index (Phi) is 5.89. The van der Waals surface area contributed by atoms with Crippen LogP contribution < -0.4 is 4.74 Å². The van der Waals surface area contributed by atoms with Gasteiger partial charge in [0.2, 0.25) is 5.82 Å². The van der Waals surface area contributed by atoms with Crippen molar-refractivity contribution in [2.75, 3.05) is 20.0 Å². The summed E-state index contributed by atoms with van der Waals surface area (Å²) in [4.78, 5) is 24.0. The Bertz CT molecular complexity index is 1230. The topological polar surface area (TPSA) is 123 Å². The first kappa shape index (κ1) is 20.5. The summed E-state index contributed by atoms with van der Waals surface area (Å²) in [6.45, 7) is 0. The molecule has 4 aromatic rings. The van der Waals surface area contributed by atoms with Crippen molar-refractivity contribution in [3.8, 4) is 17.1 Å². The van der Waals surface area contributed by atoms with Gasteiger partial charge in [0.05, 0.1) is 31.0 Å². The van der Waals surface area contributed by atoms with E-state index < -0.39 is 5.97 Å². The van der Waals surface area contributed by atoms with Crippen molar-refractivity contribution in [3.63, 3.8) is 0 Å². The average Bonchev–Trinajstić information content (AvgIpc) is 3.44. The number of H-pyrrole nitrogens is 1. The minimum Gasteiger partial charge on any atom is -0.510 e. The second-order valence-electron chi connectivity index (χ2n) is 6.32. The number of aromatic amines is 1. The van der Waals surface area contributed by atoms with Crippen LogP contribution >= 0.6 is 11.8 Å². The smallest absolute Gasteiger partial charge is 0.345 e. The maximum absolute atomic E-state index is 12.3. The molecule has 0 amide bonds. The lowest BCUT2D eigenvalue weighted by Crippen LogP contribution is -2.09. The number of nitrogens with one attached hydrogen (secondary N) is 1. The maximum atomic E-state index is 12.3. The Balaban J connectivity index is 1.56. The lowest BCUT2D eigenvalue weighted by Gasteiger charge is -2.05. The van der Waals surface area contributed by atoms with Gasteiger partial charge in [-0.1, -0.05) is 41.2 Å². The zero-order valence-corrected chi connectivity index (χ0v) is 17.5. The van der Waals surface area contributed by atoms with E-state index in [1.165, 1.54) is 7.11 Å². The first-order chi connectivity index (χ1) is 15.1. The minimum absolute atomic E-state index is 0.00121. The summed E-state index contributed by atoms with van der Waals surface area (Å²) in [6.07, 6.45) is 0. The van der Waals surface area contributed by atoms with Crippen molar-refractivity contribution < 1.29 is 23.9 Å². The number of rotatable bonds is 7. The number of para-hydroxylation sites is 2. The van der Waals surface area contributed by atoms with Gasteiger partial charge in [0.25, 0.3) is 5.22 Å². The van der Waals surface area contributed by atoms with Gasteiger partial charge in [-0.2, -0.15) is 4.98 Å². The molecule has 31 heavy (non-hydrogen) atoms. The molecule has 0 bridgehead atoms. The van der Waals surface area contributed by atoms with Crippen molar-refractivity contribution in [2.24, 2.45) is 0 Å². The lowest BCUT2D eigenvalue weighted by atomic mass is 10.2. The summed E-state index contributed by atoms with van der Waals surface area (Å²) < 4.78 is 15.3. The first-order valence-electron chi connectivity index (χ1n) is 9.15. The number of fused-ring (bicyclic) bond motifs is 1. The quantitative estimate of drug-likeness (QED) is 0.192. The summed E-state index contributed by atoms with van der Waals surface area (Å²) in [6, 6.07) is 14.6. The molecule has 0 saturated heterocycles. The summed E-state index contributed by atoms with van der Waals surface area (Å²) in [5.74, 6) is 0.341. The van der Waals surface area contributed by atoms with E-state index in [2.05, 4.69) is 20.1 Å². The van der Waals surface area contributed by atoms with E-state index in [0.29, 0.717) is 17.1 Å². The number of esters is 1. The van der Waals surface area contributed by atoms with Crippen LogP contribution in [0.2, 0.25) is 0 Å². The van der Waals surface area contributed by atoms with Crippen LogP contribution in [0.5, 0.6) is 5.75 Å². The molecule has 0 aliphatic carbocycles. The Morgan fingerprint density at radius 3 is 2.77 bits per heavy atom. The van der Waals surface area contributed by atoms with Crippen LogP contribution in [0, 0.1) is 0 Å². The van der Waals surface area contributed by atoms with E-state index in [1.807, 2.05) is 36.4 Å². The van der Waals surface area contributed by atoms with Crippen molar-refractivity contribution >= 4 is 34.3 Å². The molecule has 0 aliphatic heterocycles. The van der Waals surface area contributed by atoms with Crippen LogP contribution in [0.4, 0.5) is 0 Å². The highest BCUT2D eigenvalue weighted by Crippen LogP contribution is 2.27. The molecule has 0 atom stereocenters. The molecule has 0 unspecified atom stereocenters. The van der Waals surface area contributed by atoms with E-state index in [0.717, 1.165) is 22.8 Å². The normalized spacial score (nSPS) is 11.9. The number of hydrogen-bond donors (Lipinski definition) is 2. The maximum Gasteiger partial charge on any atom is 0.345 e. The van der Waals surface area contributed by atoms with Gasteiger partial charge in [0.15, 0.2) is 0 Å².